The standard InChI is InChI=1S/C23H22N6O5/c1-23-9-8-18(31)29(23)16-7-5-4-6-14(16)21(33)28(23)12-17(30)25-13-10-15-19(24-11-13)26(2)22(34)27(3)20(15)32/h4-7,10-11H,8-9,12H2,1-3H3,(H,25,30). The summed E-state index contributed by atoms with van der Waals surface area (Å²) < 4.78 is 2.21. The minimum Gasteiger partial charge on any atom is -0.323 e. The molecular weight excluding hydrogens is 440 g/mol. The Morgan fingerprint density at radius 3 is 2.62 bits per heavy atom. The number of pyridine rings is 1. The van der Waals surface area contributed by atoms with Crippen molar-refractivity contribution in [2.75, 3.05) is 16.8 Å². The lowest BCUT2D eigenvalue weighted by Crippen LogP contribution is -2.63. The zero-order valence-electron chi connectivity index (χ0n) is 18.9. The third kappa shape index (κ3) is 2.96. The number of carbonyl (C=O) groups excluding carboxylic acids is 3. The summed E-state index contributed by atoms with van der Waals surface area (Å²) in [6.07, 6.45) is 2.02. The molecule has 1 fully saturated rings. The normalized spacial score (nSPS) is 19.4. The Kier molecular flexibility index (Phi) is 4.67. The maximum absolute atomic E-state index is 13.3. The second-order valence-corrected chi connectivity index (χ2v) is 8.70. The van der Waals surface area contributed by atoms with Crippen LogP contribution < -0.4 is 21.5 Å². The molecule has 3 amide bonds. The largest absolute Gasteiger partial charge is 0.332 e. The van der Waals surface area contributed by atoms with Gasteiger partial charge in [0.2, 0.25) is 11.8 Å². The molecule has 11 heteroatoms. The third-order valence-corrected chi connectivity index (χ3v) is 6.62. The van der Waals surface area contributed by atoms with E-state index < -0.39 is 22.8 Å². The molecule has 0 radical (unpaired) electrons. The number of carbonyl (C=O) groups is 3. The summed E-state index contributed by atoms with van der Waals surface area (Å²) in [5, 5.41) is 2.85. The lowest BCUT2D eigenvalue weighted by molar-refractivity contribution is -0.120. The van der Waals surface area contributed by atoms with E-state index in [0.717, 1.165) is 4.57 Å². The van der Waals surface area contributed by atoms with Gasteiger partial charge in [0, 0.05) is 20.5 Å². The van der Waals surface area contributed by atoms with Crippen molar-refractivity contribution in [3.8, 4) is 0 Å². The Hall–Kier alpha value is -4.28. The smallest absolute Gasteiger partial charge is 0.323 e. The number of nitrogens with one attached hydrogen (secondary N) is 1. The van der Waals surface area contributed by atoms with E-state index >= 15 is 0 Å². The molecule has 1 atom stereocenters. The van der Waals surface area contributed by atoms with Crippen LogP contribution in [0.25, 0.3) is 11.0 Å². The lowest BCUT2D eigenvalue weighted by Gasteiger charge is -2.48. The van der Waals surface area contributed by atoms with Crippen LogP contribution in [0.3, 0.4) is 0 Å². The molecule has 5 rings (SSSR count). The van der Waals surface area contributed by atoms with E-state index in [1.54, 1.807) is 36.1 Å². The number of anilines is 2. The van der Waals surface area contributed by atoms with E-state index in [0.29, 0.717) is 17.7 Å². The highest BCUT2D eigenvalue weighted by molar-refractivity contribution is 6.11. The van der Waals surface area contributed by atoms with Gasteiger partial charge in [-0.1, -0.05) is 12.1 Å². The van der Waals surface area contributed by atoms with Gasteiger partial charge < -0.3 is 10.2 Å². The number of para-hydroxylation sites is 1. The summed E-state index contributed by atoms with van der Waals surface area (Å²) >= 11 is 0. The summed E-state index contributed by atoms with van der Waals surface area (Å²) in [5.41, 5.74) is -0.638. The van der Waals surface area contributed by atoms with E-state index in [9.17, 15) is 24.0 Å². The molecule has 1 unspecified atom stereocenters. The number of hydrogen-bond acceptors (Lipinski definition) is 6. The molecule has 1 N–H and O–H groups in total. The number of benzene rings is 1. The highest BCUT2D eigenvalue weighted by Gasteiger charge is 2.53. The maximum atomic E-state index is 13.3. The molecule has 0 saturated carbocycles. The summed E-state index contributed by atoms with van der Waals surface area (Å²) in [6, 6.07) is 8.31. The second-order valence-electron chi connectivity index (χ2n) is 8.70. The molecule has 4 heterocycles. The first kappa shape index (κ1) is 21.6. The van der Waals surface area contributed by atoms with Crippen molar-refractivity contribution >= 4 is 40.1 Å². The van der Waals surface area contributed by atoms with Crippen LogP contribution in [0.1, 0.15) is 30.1 Å². The Bertz CT molecular complexity index is 1520. The van der Waals surface area contributed by atoms with Crippen LogP contribution in [0.5, 0.6) is 0 Å². The fourth-order valence-electron chi connectivity index (χ4n) is 4.82. The number of amides is 3. The van der Waals surface area contributed by atoms with Gasteiger partial charge >= 0.3 is 5.69 Å². The zero-order valence-corrected chi connectivity index (χ0v) is 18.9. The van der Waals surface area contributed by atoms with Crippen LogP contribution in [0.4, 0.5) is 11.4 Å². The van der Waals surface area contributed by atoms with Gasteiger partial charge in [-0.15, -0.1) is 0 Å². The van der Waals surface area contributed by atoms with E-state index in [4.69, 9.17) is 0 Å². The van der Waals surface area contributed by atoms with Crippen LogP contribution >= 0.6 is 0 Å². The average molecular weight is 462 g/mol. The molecule has 0 bridgehead atoms. The van der Waals surface area contributed by atoms with Gasteiger partial charge in [0.1, 0.15) is 17.9 Å². The van der Waals surface area contributed by atoms with Crippen molar-refractivity contribution in [2.24, 2.45) is 14.1 Å². The van der Waals surface area contributed by atoms with Gasteiger partial charge in [-0.2, -0.15) is 0 Å². The van der Waals surface area contributed by atoms with E-state index in [2.05, 4.69) is 10.3 Å². The number of fused-ring (bicyclic) bond motifs is 4. The van der Waals surface area contributed by atoms with Crippen LogP contribution in [0.15, 0.2) is 46.1 Å². The Morgan fingerprint density at radius 1 is 1.12 bits per heavy atom. The number of nitrogens with zero attached hydrogens (tertiary/aromatic N) is 5. The summed E-state index contributed by atoms with van der Waals surface area (Å²) in [4.78, 5) is 70.7. The predicted octanol–water partition coefficient (Wildman–Crippen LogP) is 0.570. The molecule has 34 heavy (non-hydrogen) atoms. The quantitative estimate of drug-likeness (QED) is 0.606. The van der Waals surface area contributed by atoms with Crippen molar-refractivity contribution in [3.05, 3.63) is 62.9 Å². The van der Waals surface area contributed by atoms with E-state index in [1.807, 2.05) is 0 Å². The molecule has 1 saturated heterocycles. The van der Waals surface area contributed by atoms with Gasteiger partial charge in [-0.05, 0) is 31.5 Å². The molecule has 2 aliphatic heterocycles. The van der Waals surface area contributed by atoms with Crippen molar-refractivity contribution in [1.82, 2.24) is 19.0 Å². The van der Waals surface area contributed by atoms with Gasteiger partial charge in [-0.3, -0.25) is 33.2 Å². The monoisotopic (exact) mass is 462 g/mol. The van der Waals surface area contributed by atoms with Gasteiger partial charge in [-0.25, -0.2) is 9.78 Å². The minimum atomic E-state index is -0.963. The number of aromatic nitrogens is 3. The first-order valence-corrected chi connectivity index (χ1v) is 10.7. The molecule has 0 spiro atoms. The zero-order chi connectivity index (χ0) is 24.4. The topological polar surface area (TPSA) is 127 Å². The fraction of sp³-hybridized carbons (Fsp3) is 0.304. The predicted molar refractivity (Wildman–Crippen MR) is 123 cm³/mol. The van der Waals surface area contributed by atoms with Gasteiger partial charge in [0.25, 0.3) is 11.5 Å². The third-order valence-electron chi connectivity index (χ3n) is 6.62. The number of aryl methyl sites for hydroxylation is 1. The molecule has 11 nitrogen and oxygen atoms in total. The van der Waals surface area contributed by atoms with Crippen LogP contribution in [-0.4, -0.2) is 48.9 Å². The molecule has 2 aliphatic rings. The van der Waals surface area contributed by atoms with Gasteiger partial charge in [0.05, 0.1) is 28.5 Å². The first-order chi connectivity index (χ1) is 16.1. The first-order valence-electron chi connectivity index (χ1n) is 10.7. The summed E-state index contributed by atoms with van der Waals surface area (Å²) in [7, 11) is 2.87. The maximum Gasteiger partial charge on any atom is 0.332 e. The highest BCUT2D eigenvalue weighted by atomic mass is 16.2. The average Bonchev–Trinajstić information content (AvgIpc) is 3.14. The van der Waals surface area contributed by atoms with Crippen LogP contribution in [-0.2, 0) is 23.7 Å². The van der Waals surface area contributed by atoms with Crippen molar-refractivity contribution in [2.45, 2.75) is 25.4 Å². The number of rotatable bonds is 3. The van der Waals surface area contributed by atoms with Crippen LogP contribution in [0, 0.1) is 0 Å². The Morgan fingerprint density at radius 2 is 1.85 bits per heavy atom. The molecule has 0 aliphatic carbocycles. The molecule has 2 aromatic heterocycles. The van der Waals surface area contributed by atoms with E-state index in [1.165, 1.54) is 35.8 Å². The fourth-order valence-corrected chi connectivity index (χ4v) is 4.82. The molecule has 1 aromatic carbocycles. The Balaban J connectivity index is 1.46. The molecular formula is C23H22N6O5. The van der Waals surface area contributed by atoms with Crippen molar-refractivity contribution < 1.29 is 14.4 Å². The molecule has 3 aromatic rings. The second kappa shape index (κ2) is 7.37. The minimum absolute atomic E-state index is 0.104. The van der Waals surface area contributed by atoms with Gasteiger partial charge in [0.15, 0.2) is 0 Å². The van der Waals surface area contributed by atoms with Crippen molar-refractivity contribution in [3.63, 3.8) is 0 Å². The van der Waals surface area contributed by atoms with E-state index in [-0.39, 0.29) is 41.5 Å². The summed E-state index contributed by atoms with van der Waals surface area (Å²) in [5.74, 6) is -0.941. The highest BCUT2D eigenvalue weighted by Crippen LogP contribution is 2.43. The number of hydrogen-bond donors (Lipinski definition) is 1. The summed E-state index contributed by atoms with van der Waals surface area (Å²) in [6.45, 7) is 1.48. The molecule has 174 valence electrons. The van der Waals surface area contributed by atoms with Crippen LogP contribution in [0.2, 0.25) is 0 Å². The Labute approximate surface area is 193 Å². The SMILES string of the molecule is Cn1c(=O)c2cc(NC(=O)CN3C(=O)c4ccccc4N4C(=O)CCC34C)cnc2n(C)c1=O. The van der Waals surface area contributed by atoms with Crippen molar-refractivity contribution in [1.29, 1.82) is 0 Å². The lowest BCUT2D eigenvalue weighted by atomic mass is 9.98.